The Morgan fingerprint density at radius 1 is 0.900 bits per heavy atom. The molecular formula is C12H18N2O4S2. The summed E-state index contributed by atoms with van der Waals surface area (Å²) < 4.78 is -0.355. The number of hydrogen-bond donors (Lipinski definition) is 4. The molecule has 0 spiro atoms. The van der Waals surface area contributed by atoms with E-state index >= 15 is 0 Å². The lowest BCUT2D eigenvalue weighted by Gasteiger charge is -2.17. The molecule has 20 heavy (non-hydrogen) atoms. The van der Waals surface area contributed by atoms with Crippen molar-refractivity contribution in [2.45, 2.75) is 47.9 Å². The van der Waals surface area contributed by atoms with Crippen LogP contribution in [0.1, 0.15) is 27.7 Å². The second-order valence-electron chi connectivity index (χ2n) is 5.23. The zero-order valence-electron chi connectivity index (χ0n) is 11.7. The number of hydrogen-bond acceptors (Lipinski definition) is 4. The summed E-state index contributed by atoms with van der Waals surface area (Å²) in [5, 5.41) is 16.0. The van der Waals surface area contributed by atoms with Gasteiger partial charge in [-0.2, -0.15) is 12.4 Å². The van der Waals surface area contributed by atoms with Crippen LogP contribution in [0.5, 0.6) is 0 Å². The summed E-state index contributed by atoms with van der Waals surface area (Å²) in [4.78, 5) is 26.1. The lowest BCUT2D eigenvalue weighted by Crippen LogP contribution is -2.75. The standard InChI is InChI=1S/2C6H9NO2S/c2*1-6(2)3-7-4(10-6)5(8)9/h2*4,7H,1-2H3,(H,8,9)/t2*4-/m00/s1. The molecule has 4 N–H and O–H groups in total. The van der Waals surface area contributed by atoms with E-state index in [2.05, 4.69) is 22.4 Å². The summed E-state index contributed by atoms with van der Waals surface area (Å²) in [6.45, 7) is 7.70. The van der Waals surface area contributed by atoms with Crippen LogP contribution in [0, 0.1) is 0 Å². The van der Waals surface area contributed by atoms with Crippen LogP contribution < -0.4 is 9.98 Å². The maximum Gasteiger partial charge on any atom is 0.381 e. The molecule has 0 aromatic carbocycles. The third-order valence-corrected chi connectivity index (χ3v) is 4.78. The highest BCUT2D eigenvalue weighted by Crippen LogP contribution is 2.26. The number of carbonyl (C=O) groups is 2. The van der Waals surface area contributed by atoms with Gasteiger partial charge in [0, 0.05) is 0 Å². The topological polar surface area (TPSA) is 103 Å². The third kappa shape index (κ3) is 5.16. The molecule has 2 aliphatic heterocycles. The van der Waals surface area contributed by atoms with Crippen molar-refractivity contribution in [3.05, 3.63) is 0 Å². The van der Waals surface area contributed by atoms with Crippen molar-refractivity contribution in [3.8, 4) is 0 Å². The van der Waals surface area contributed by atoms with Crippen molar-refractivity contribution in [1.29, 1.82) is 0 Å². The van der Waals surface area contributed by atoms with E-state index in [-0.39, 0.29) is 9.49 Å². The van der Waals surface area contributed by atoms with Gasteiger partial charge in [-0.3, -0.25) is 0 Å². The number of thioether (sulfide) groups is 2. The smallest absolute Gasteiger partial charge is 0.381 e. The lowest BCUT2D eigenvalue weighted by molar-refractivity contribution is -0.454. The van der Waals surface area contributed by atoms with Gasteiger partial charge in [0.1, 0.15) is 0 Å². The Bertz CT molecular complexity index is 418. The maximum atomic E-state index is 10.4. The Kier molecular flexibility index (Phi) is 5.26. The predicted molar refractivity (Wildman–Crippen MR) is 78.1 cm³/mol. The number of carboxylic acids is 2. The van der Waals surface area contributed by atoms with Gasteiger partial charge in [-0.25, -0.2) is 9.59 Å². The monoisotopic (exact) mass is 318 g/mol. The van der Waals surface area contributed by atoms with E-state index < -0.39 is 22.7 Å². The molecule has 0 aromatic heterocycles. The average molecular weight is 318 g/mol. The fraction of sp³-hybridized carbons (Fsp3) is 0.667. The van der Waals surface area contributed by atoms with E-state index in [0.717, 1.165) is 0 Å². The fourth-order valence-electron chi connectivity index (χ4n) is 1.41. The molecule has 0 saturated carbocycles. The van der Waals surface area contributed by atoms with Crippen LogP contribution in [0.4, 0.5) is 0 Å². The van der Waals surface area contributed by atoms with Crippen LogP contribution >= 0.6 is 23.5 Å². The highest BCUT2D eigenvalue weighted by atomic mass is 32.2. The Labute approximate surface area is 126 Å². The van der Waals surface area contributed by atoms with Crippen LogP contribution in [-0.2, 0) is 9.59 Å². The van der Waals surface area contributed by atoms with E-state index in [1.165, 1.54) is 23.5 Å². The molecule has 0 radical (unpaired) electrons. The summed E-state index contributed by atoms with van der Waals surface area (Å²) in [5.41, 5.74) is 0. The fourth-order valence-corrected chi connectivity index (χ4v) is 3.26. The molecule has 0 unspecified atom stereocenters. The van der Waals surface area contributed by atoms with Gasteiger partial charge in [-0.1, -0.05) is 37.2 Å². The predicted octanol–water partition coefficient (Wildman–Crippen LogP) is -2.10. The van der Waals surface area contributed by atoms with E-state index in [0.29, 0.717) is 0 Å². The van der Waals surface area contributed by atoms with Gasteiger partial charge >= 0.3 is 11.9 Å². The summed E-state index contributed by atoms with van der Waals surface area (Å²) in [7, 11) is 0. The van der Waals surface area contributed by atoms with Crippen molar-refractivity contribution >= 4 is 47.9 Å². The van der Waals surface area contributed by atoms with Crippen molar-refractivity contribution in [2.75, 3.05) is 0 Å². The average Bonchev–Trinajstić information content (AvgIpc) is 2.82. The zero-order chi connectivity index (χ0) is 15.6. The Balaban J connectivity index is 0.000000200. The number of aliphatic carboxylic acids is 2. The SMILES string of the molecule is CC1(C)[C-]=[NH+][C@H](C(=O)O)S1.CC1(C)[C-]=[NH+][C@H](C(=O)O)S1. The summed E-state index contributed by atoms with van der Waals surface area (Å²) in [6, 6.07) is 0. The molecule has 0 aromatic rings. The Morgan fingerprint density at radius 2 is 1.20 bits per heavy atom. The molecule has 112 valence electrons. The van der Waals surface area contributed by atoms with Gasteiger partial charge in [0.25, 0.3) is 10.7 Å². The van der Waals surface area contributed by atoms with E-state index in [1.54, 1.807) is 0 Å². The maximum absolute atomic E-state index is 10.4. The van der Waals surface area contributed by atoms with Crippen LogP contribution in [0.2, 0.25) is 0 Å². The zero-order valence-corrected chi connectivity index (χ0v) is 13.3. The highest BCUT2D eigenvalue weighted by Gasteiger charge is 2.30. The second-order valence-corrected chi connectivity index (χ2v) is 8.69. The first-order valence-corrected chi connectivity index (χ1v) is 7.65. The van der Waals surface area contributed by atoms with Crippen molar-refractivity contribution < 1.29 is 29.8 Å². The largest absolute Gasteiger partial charge is 0.476 e. The molecule has 0 bridgehead atoms. The van der Waals surface area contributed by atoms with Crippen molar-refractivity contribution in [3.63, 3.8) is 0 Å². The van der Waals surface area contributed by atoms with Gasteiger partial charge in [0.15, 0.2) is 0 Å². The number of carboxylic acid groups (broad SMARTS) is 2. The lowest BCUT2D eigenvalue weighted by atomic mass is 10.2. The molecule has 0 fully saturated rings. The summed E-state index contributed by atoms with van der Waals surface area (Å²) in [5.74, 6) is -1.66. The highest BCUT2D eigenvalue weighted by molar-refractivity contribution is 8.02. The third-order valence-electron chi connectivity index (χ3n) is 2.28. The van der Waals surface area contributed by atoms with Crippen LogP contribution in [0.15, 0.2) is 0 Å². The van der Waals surface area contributed by atoms with Crippen LogP contribution in [-0.4, -0.2) is 54.8 Å². The van der Waals surface area contributed by atoms with Crippen molar-refractivity contribution in [1.82, 2.24) is 0 Å². The van der Waals surface area contributed by atoms with Gasteiger partial charge in [0.2, 0.25) is 0 Å². The van der Waals surface area contributed by atoms with Crippen LogP contribution in [0.25, 0.3) is 0 Å². The molecule has 0 saturated heterocycles. The molecule has 0 aliphatic carbocycles. The Morgan fingerprint density at radius 3 is 1.30 bits per heavy atom. The van der Waals surface area contributed by atoms with Crippen LogP contribution in [0.3, 0.4) is 0 Å². The van der Waals surface area contributed by atoms with Gasteiger partial charge < -0.3 is 20.2 Å². The van der Waals surface area contributed by atoms with E-state index in [4.69, 9.17) is 10.2 Å². The molecule has 2 heterocycles. The minimum absolute atomic E-state index is 0.178. The van der Waals surface area contributed by atoms with Gasteiger partial charge in [0.05, 0.1) is 0 Å². The Hall–Kier alpha value is -1.02. The number of nitrogens with one attached hydrogen (secondary N) is 2. The summed E-state index contributed by atoms with van der Waals surface area (Å²) in [6.07, 6.45) is 5.72. The first-order chi connectivity index (χ1) is 9.02. The molecule has 2 rings (SSSR count). The normalized spacial score (nSPS) is 28.8. The van der Waals surface area contributed by atoms with Gasteiger partial charge in [-0.05, 0) is 0 Å². The quantitative estimate of drug-likeness (QED) is 0.435. The molecule has 0 amide bonds. The van der Waals surface area contributed by atoms with Crippen molar-refractivity contribution in [2.24, 2.45) is 0 Å². The minimum Gasteiger partial charge on any atom is -0.476 e. The second kappa shape index (κ2) is 6.17. The van der Waals surface area contributed by atoms with E-state index in [1.807, 2.05) is 27.7 Å². The molecule has 6 nitrogen and oxygen atoms in total. The molecular weight excluding hydrogens is 300 g/mol. The van der Waals surface area contributed by atoms with Gasteiger partial charge in [-0.15, -0.1) is 23.5 Å². The van der Waals surface area contributed by atoms with E-state index in [9.17, 15) is 9.59 Å². The summed E-state index contributed by atoms with van der Waals surface area (Å²) >= 11 is 2.71. The minimum atomic E-state index is -0.830. The first-order valence-electron chi connectivity index (χ1n) is 5.89. The molecule has 2 atom stereocenters. The molecule has 2 aliphatic rings. The number of rotatable bonds is 2. The molecule has 8 heteroatoms. The first kappa shape index (κ1) is 17.0.